The predicted molar refractivity (Wildman–Crippen MR) is 94.0 cm³/mol. The molecule has 0 bridgehead atoms. The number of nitrogens with zero attached hydrogens (tertiary/aromatic N) is 3. The lowest BCUT2D eigenvalue weighted by Crippen LogP contribution is -2.16. The molecule has 0 atom stereocenters. The van der Waals surface area contributed by atoms with Crippen molar-refractivity contribution in [2.24, 2.45) is 5.92 Å². The highest BCUT2D eigenvalue weighted by Crippen LogP contribution is 2.24. The summed E-state index contributed by atoms with van der Waals surface area (Å²) in [7, 11) is 0. The number of ether oxygens (including phenoxy) is 1. The van der Waals surface area contributed by atoms with Gasteiger partial charge in [0, 0.05) is 0 Å². The molecule has 9 nitrogen and oxygen atoms in total. The van der Waals surface area contributed by atoms with E-state index in [2.05, 4.69) is 25.5 Å². The van der Waals surface area contributed by atoms with Crippen molar-refractivity contribution in [2.75, 3.05) is 17.7 Å². The Kier molecular flexibility index (Phi) is 6.65. The summed E-state index contributed by atoms with van der Waals surface area (Å²) in [6.45, 7) is 5.90. The molecule has 0 saturated carbocycles. The van der Waals surface area contributed by atoms with E-state index in [4.69, 9.17) is 4.74 Å². The number of aryl methyl sites for hydroxylation is 1. The van der Waals surface area contributed by atoms with E-state index in [9.17, 15) is 14.4 Å². The van der Waals surface area contributed by atoms with E-state index in [-0.39, 0.29) is 17.6 Å². The normalized spacial score (nSPS) is 10.7. The number of aromatic nitrogens is 4. The number of hydrogen-bond acceptors (Lipinski definition) is 9. The van der Waals surface area contributed by atoms with Crippen LogP contribution in [0.2, 0.25) is 0 Å². The fourth-order valence-corrected chi connectivity index (χ4v) is 3.11. The Labute approximate surface area is 151 Å². The Balaban J connectivity index is 1.91. The summed E-state index contributed by atoms with van der Waals surface area (Å²) >= 11 is 2.13. The van der Waals surface area contributed by atoms with Crippen LogP contribution in [-0.2, 0) is 9.53 Å². The van der Waals surface area contributed by atoms with Crippen molar-refractivity contribution >= 4 is 40.1 Å². The second kappa shape index (κ2) is 8.72. The lowest BCUT2D eigenvalue weighted by atomic mass is 10.2. The molecule has 0 radical (unpaired) electrons. The number of H-pyrrole nitrogens is 1. The number of amides is 1. The van der Waals surface area contributed by atoms with E-state index in [1.165, 1.54) is 6.20 Å². The average molecular weight is 383 g/mol. The third kappa shape index (κ3) is 5.94. The molecule has 0 unspecified atom stereocenters. The largest absolute Gasteiger partial charge is 0.461 e. The summed E-state index contributed by atoms with van der Waals surface area (Å²) in [4.78, 5) is 43.2. The van der Waals surface area contributed by atoms with Crippen LogP contribution in [0.4, 0.5) is 5.13 Å². The highest BCUT2D eigenvalue weighted by Gasteiger charge is 2.18. The third-order valence-corrected chi connectivity index (χ3v) is 4.63. The van der Waals surface area contributed by atoms with Gasteiger partial charge < -0.3 is 10.1 Å². The first-order chi connectivity index (χ1) is 11.8. The van der Waals surface area contributed by atoms with Gasteiger partial charge in [0.15, 0.2) is 5.13 Å². The van der Waals surface area contributed by atoms with Crippen LogP contribution in [-0.4, -0.2) is 44.4 Å². The van der Waals surface area contributed by atoms with Crippen molar-refractivity contribution in [2.45, 2.75) is 25.8 Å². The lowest BCUT2D eigenvalue weighted by Gasteiger charge is -2.05. The predicted octanol–water partition coefficient (Wildman–Crippen LogP) is 1.47. The summed E-state index contributed by atoms with van der Waals surface area (Å²) in [5.74, 6) is -0.508. The second-order valence-corrected chi connectivity index (χ2v) is 7.38. The number of carbonyl (C=O) groups is 2. The number of anilines is 1. The molecule has 2 aromatic rings. The number of esters is 1. The molecule has 2 aromatic heterocycles. The smallest absolute Gasteiger partial charge is 0.362 e. The Bertz CT molecular complexity index is 818. The first-order valence-corrected chi connectivity index (χ1v) is 9.14. The Hall–Kier alpha value is -2.27. The van der Waals surface area contributed by atoms with Gasteiger partial charge in [0.05, 0.1) is 24.3 Å². The van der Waals surface area contributed by atoms with E-state index in [1.54, 1.807) is 6.92 Å². The fourth-order valence-electron chi connectivity index (χ4n) is 1.61. The van der Waals surface area contributed by atoms with Crippen molar-refractivity contribution in [1.82, 2.24) is 20.2 Å². The molecule has 0 aliphatic heterocycles. The van der Waals surface area contributed by atoms with Gasteiger partial charge in [-0.15, -0.1) is 0 Å². The number of aromatic amines is 1. The molecular formula is C14H17N5O4S2. The quantitative estimate of drug-likeness (QED) is 0.544. The van der Waals surface area contributed by atoms with Crippen LogP contribution in [0.25, 0.3) is 0 Å². The molecule has 0 aromatic carbocycles. The van der Waals surface area contributed by atoms with Gasteiger partial charge in [0.2, 0.25) is 5.91 Å². The van der Waals surface area contributed by atoms with Crippen LogP contribution >= 0.6 is 23.1 Å². The average Bonchev–Trinajstić information content (AvgIpc) is 2.91. The van der Waals surface area contributed by atoms with Gasteiger partial charge >= 0.3 is 11.7 Å². The Morgan fingerprint density at radius 1 is 1.40 bits per heavy atom. The minimum absolute atomic E-state index is 0.0316. The molecule has 25 heavy (non-hydrogen) atoms. The van der Waals surface area contributed by atoms with E-state index in [0.717, 1.165) is 23.1 Å². The summed E-state index contributed by atoms with van der Waals surface area (Å²) in [5.41, 5.74) is -0.0762. The number of hydrogen-bond donors (Lipinski definition) is 2. The zero-order valence-electron chi connectivity index (χ0n) is 13.9. The van der Waals surface area contributed by atoms with Gasteiger partial charge in [-0.2, -0.15) is 10.1 Å². The monoisotopic (exact) mass is 383 g/mol. The standard InChI is InChI=1S/C14H17N5O4S2/c1-7(2)5-23-12(21)11-8(3)16-14(25-11)17-9(20)6-24-10-4-15-19-13(22)18-10/h4,7H,5-6H2,1-3H3,(H,16,17,20)(H,18,19,22). The molecule has 0 saturated heterocycles. The zero-order chi connectivity index (χ0) is 18.4. The highest BCUT2D eigenvalue weighted by molar-refractivity contribution is 7.99. The maximum atomic E-state index is 12.0. The molecule has 0 aliphatic rings. The van der Waals surface area contributed by atoms with Crippen LogP contribution in [0.5, 0.6) is 0 Å². The molecule has 2 heterocycles. The summed E-state index contributed by atoms with van der Waals surface area (Å²) in [6.07, 6.45) is 1.36. The molecule has 0 aliphatic carbocycles. The topological polar surface area (TPSA) is 127 Å². The van der Waals surface area contributed by atoms with Gasteiger partial charge in [0.25, 0.3) is 0 Å². The summed E-state index contributed by atoms with van der Waals surface area (Å²) < 4.78 is 5.17. The van der Waals surface area contributed by atoms with Crippen LogP contribution in [0, 0.1) is 12.8 Å². The first kappa shape index (κ1) is 19.1. The van der Waals surface area contributed by atoms with E-state index < -0.39 is 11.7 Å². The van der Waals surface area contributed by atoms with Gasteiger partial charge in [0.1, 0.15) is 9.90 Å². The van der Waals surface area contributed by atoms with Crippen molar-refractivity contribution in [1.29, 1.82) is 0 Å². The molecule has 2 rings (SSSR count). The van der Waals surface area contributed by atoms with Crippen LogP contribution in [0.3, 0.4) is 0 Å². The number of thioether (sulfide) groups is 1. The maximum Gasteiger partial charge on any atom is 0.362 e. The van der Waals surface area contributed by atoms with Crippen molar-refractivity contribution in [3.05, 3.63) is 27.3 Å². The Morgan fingerprint density at radius 2 is 2.16 bits per heavy atom. The first-order valence-electron chi connectivity index (χ1n) is 7.34. The van der Waals surface area contributed by atoms with Crippen LogP contribution in [0.1, 0.15) is 29.2 Å². The SMILES string of the molecule is Cc1nc(NC(=O)CSc2cn[nH]c(=O)n2)sc1C(=O)OCC(C)C. The van der Waals surface area contributed by atoms with E-state index in [1.807, 2.05) is 13.8 Å². The third-order valence-electron chi connectivity index (χ3n) is 2.67. The second-order valence-electron chi connectivity index (χ2n) is 5.39. The van der Waals surface area contributed by atoms with E-state index in [0.29, 0.717) is 27.3 Å². The lowest BCUT2D eigenvalue weighted by molar-refractivity contribution is -0.113. The van der Waals surface area contributed by atoms with Crippen LogP contribution in [0.15, 0.2) is 16.0 Å². The molecule has 1 amide bonds. The molecule has 11 heteroatoms. The van der Waals surface area contributed by atoms with E-state index >= 15 is 0 Å². The number of carbonyl (C=O) groups excluding carboxylic acids is 2. The summed E-state index contributed by atoms with van der Waals surface area (Å²) in [6, 6.07) is 0. The van der Waals surface area contributed by atoms with Gasteiger partial charge in [-0.25, -0.2) is 19.7 Å². The maximum absolute atomic E-state index is 12.0. The Morgan fingerprint density at radius 3 is 2.84 bits per heavy atom. The summed E-state index contributed by atoms with van der Waals surface area (Å²) in [5, 5.41) is 9.02. The number of rotatable bonds is 7. The molecule has 0 spiro atoms. The minimum Gasteiger partial charge on any atom is -0.461 e. The number of nitrogens with one attached hydrogen (secondary N) is 2. The number of thiazole rings is 1. The zero-order valence-corrected chi connectivity index (χ0v) is 15.5. The molecule has 134 valence electrons. The molecular weight excluding hydrogens is 366 g/mol. The highest BCUT2D eigenvalue weighted by atomic mass is 32.2. The van der Waals surface area contributed by atoms with Crippen LogP contribution < -0.4 is 11.0 Å². The van der Waals surface area contributed by atoms with Crippen molar-refractivity contribution < 1.29 is 14.3 Å². The fraction of sp³-hybridized carbons (Fsp3) is 0.429. The molecule has 0 fully saturated rings. The van der Waals surface area contributed by atoms with Gasteiger partial charge in [-0.1, -0.05) is 36.9 Å². The van der Waals surface area contributed by atoms with Crippen molar-refractivity contribution in [3.63, 3.8) is 0 Å². The van der Waals surface area contributed by atoms with Gasteiger partial charge in [-0.05, 0) is 12.8 Å². The van der Waals surface area contributed by atoms with Gasteiger partial charge in [-0.3, -0.25) is 4.79 Å². The molecule has 2 N–H and O–H groups in total. The van der Waals surface area contributed by atoms with Crippen molar-refractivity contribution in [3.8, 4) is 0 Å². The minimum atomic E-state index is -0.578.